The Hall–Kier alpha value is -2.93. The standard InChI is InChI=1S/C18H13BrN2O4/c19-13-3-1-2-12(9-13)17-21-15(18(23)25-17)8-11-4-6-14(7-5-11)24-10-16(20)22/h1-9H,10H2,(H2,20,22)/b15-8-. The number of aliphatic imine (C=N–C) groups is 1. The van der Waals surface area contributed by atoms with Crippen molar-refractivity contribution >= 4 is 39.8 Å². The van der Waals surface area contributed by atoms with E-state index in [9.17, 15) is 9.59 Å². The number of amides is 1. The minimum Gasteiger partial charge on any atom is -0.484 e. The molecule has 3 rings (SSSR count). The van der Waals surface area contributed by atoms with Crippen LogP contribution in [0.3, 0.4) is 0 Å². The van der Waals surface area contributed by atoms with E-state index in [1.807, 2.05) is 24.3 Å². The lowest BCUT2D eigenvalue weighted by Crippen LogP contribution is -2.19. The van der Waals surface area contributed by atoms with Gasteiger partial charge in [-0.2, -0.15) is 0 Å². The van der Waals surface area contributed by atoms with Crippen LogP contribution in [0.4, 0.5) is 0 Å². The van der Waals surface area contributed by atoms with Crippen LogP contribution in [0.5, 0.6) is 5.75 Å². The number of nitrogens with zero attached hydrogens (tertiary/aromatic N) is 1. The maximum Gasteiger partial charge on any atom is 0.363 e. The van der Waals surface area contributed by atoms with Gasteiger partial charge in [-0.1, -0.05) is 34.1 Å². The molecule has 0 bridgehead atoms. The number of hydrogen-bond acceptors (Lipinski definition) is 5. The summed E-state index contributed by atoms with van der Waals surface area (Å²) in [5.74, 6) is -0.287. The first-order chi connectivity index (χ1) is 12.0. The first kappa shape index (κ1) is 16.9. The van der Waals surface area contributed by atoms with Crippen LogP contribution >= 0.6 is 15.9 Å². The Labute approximate surface area is 152 Å². The number of nitrogens with two attached hydrogens (primary N) is 1. The van der Waals surface area contributed by atoms with Crippen molar-refractivity contribution in [2.75, 3.05) is 6.61 Å². The molecule has 6 nitrogen and oxygen atoms in total. The van der Waals surface area contributed by atoms with E-state index in [1.165, 1.54) is 0 Å². The third-order valence-corrected chi connectivity index (χ3v) is 3.75. The number of benzene rings is 2. The number of halogens is 1. The average molecular weight is 401 g/mol. The molecule has 1 heterocycles. The number of primary amides is 1. The van der Waals surface area contributed by atoms with Gasteiger partial charge < -0.3 is 15.2 Å². The molecular weight excluding hydrogens is 388 g/mol. The van der Waals surface area contributed by atoms with Crippen molar-refractivity contribution in [1.82, 2.24) is 0 Å². The molecule has 0 radical (unpaired) electrons. The summed E-state index contributed by atoms with van der Waals surface area (Å²) in [7, 11) is 0. The largest absolute Gasteiger partial charge is 0.484 e. The molecular formula is C18H13BrN2O4. The zero-order chi connectivity index (χ0) is 17.8. The highest BCUT2D eigenvalue weighted by molar-refractivity contribution is 9.10. The highest BCUT2D eigenvalue weighted by atomic mass is 79.9. The smallest absolute Gasteiger partial charge is 0.363 e. The summed E-state index contributed by atoms with van der Waals surface area (Å²) in [6.07, 6.45) is 1.62. The molecule has 1 aliphatic rings. The number of cyclic esters (lactones) is 1. The third-order valence-electron chi connectivity index (χ3n) is 3.26. The average Bonchev–Trinajstić information content (AvgIpc) is 2.95. The predicted octanol–water partition coefficient (Wildman–Crippen LogP) is 2.66. The molecule has 1 aliphatic heterocycles. The Balaban J connectivity index is 1.78. The van der Waals surface area contributed by atoms with E-state index in [2.05, 4.69) is 20.9 Å². The zero-order valence-electron chi connectivity index (χ0n) is 12.9. The van der Waals surface area contributed by atoms with Gasteiger partial charge in [-0.25, -0.2) is 9.79 Å². The van der Waals surface area contributed by atoms with Crippen molar-refractivity contribution in [2.45, 2.75) is 0 Å². The van der Waals surface area contributed by atoms with Crippen molar-refractivity contribution in [3.05, 3.63) is 69.8 Å². The van der Waals surface area contributed by atoms with E-state index in [1.54, 1.807) is 30.3 Å². The molecule has 0 unspecified atom stereocenters. The lowest BCUT2D eigenvalue weighted by Gasteiger charge is -2.03. The van der Waals surface area contributed by atoms with Crippen molar-refractivity contribution in [2.24, 2.45) is 10.7 Å². The predicted molar refractivity (Wildman–Crippen MR) is 95.9 cm³/mol. The van der Waals surface area contributed by atoms with E-state index in [-0.39, 0.29) is 18.2 Å². The molecule has 2 aromatic carbocycles. The fourth-order valence-electron chi connectivity index (χ4n) is 2.13. The van der Waals surface area contributed by atoms with E-state index < -0.39 is 11.9 Å². The topological polar surface area (TPSA) is 91.0 Å². The molecule has 126 valence electrons. The molecule has 0 atom stereocenters. The zero-order valence-corrected chi connectivity index (χ0v) is 14.5. The van der Waals surface area contributed by atoms with Gasteiger partial charge in [-0.15, -0.1) is 0 Å². The van der Waals surface area contributed by atoms with E-state index in [0.29, 0.717) is 11.3 Å². The van der Waals surface area contributed by atoms with Gasteiger partial charge >= 0.3 is 5.97 Å². The molecule has 0 fully saturated rings. The highest BCUT2D eigenvalue weighted by Gasteiger charge is 2.24. The summed E-state index contributed by atoms with van der Waals surface area (Å²) in [6, 6.07) is 14.2. The normalized spacial score (nSPS) is 15.0. The molecule has 1 amide bonds. The maximum absolute atomic E-state index is 12.0. The molecule has 2 aromatic rings. The fourth-order valence-corrected chi connectivity index (χ4v) is 2.53. The first-order valence-corrected chi connectivity index (χ1v) is 8.10. The van der Waals surface area contributed by atoms with Crippen LogP contribution in [0, 0.1) is 0 Å². The molecule has 25 heavy (non-hydrogen) atoms. The Morgan fingerprint density at radius 3 is 2.68 bits per heavy atom. The van der Waals surface area contributed by atoms with Crippen molar-refractivity contribution in [1.29, 1.82) is 0 Å². The number of hydrogen-bond donors (Lipinski definition) is 1. The lowest BCUT2D eigenvalue weighted by atomic mass is 10.2. The van der Waals surface area contributed by atoms with Crippen LogP contribution in [0.2, 0.25) is 0 Å². The monoisotopic (exact) mass is 400 g/mol. The summed E-state index contributed by atoms with van der Waals surface area (Å²) < 4.78 is 11.3. The van der Waals surface area contributed by atoms with Gasteiger partial charge in [-0.05, 0) is 42.0 Å². The summed E-state index contributed by atoms with van der Waals surface area (Å²) >= 11 is 3.37. The number of esters is 1. The van der Waals surface area contributed by atoms with Crippen LogP contribution in [-0.4, -0.2) is 24.4 Å². The van der Waals surface area contributed by atoms with Gasteiger partial charge in [0.1, 0.15) is 5.75 Å². The molecule has 7 heteroatoms. The lowest BCUT2D eigenvalue weighted by molar-refractivity contribution is -0.130. The van der Waals surface area contributed by atoms with E-state index in [0.717, 1.165) is 10.0 Å². The minimum absolute atomic E-state index is 0.187. The van der Waals surface area contributed by atoms with Crippen molar-refractivity contribution < 1.29 is 19.1 Å². The number of carbonyl (C=O) groups is 2. The summed E-state index contributed by atoms with van der Waals surface area (Å²) in [4.78, 5) is 26.9. The molecule has 0 aliphatic carbocycles. The molecule has 0 spiro atoms. The van der Waals surface area contributed by atoms with E-state index in [4.69, 9.17) is 15.2 Å². The molecule has 2 N–H and O–H groups in total. The number of ether oxygens (including phenoxy) is 2. The minimum atomic E-state index is -0.547. The van der Waals surface area contributed by atoms with Gasteiger partial charge in [0.2, 0.25) is 5.90 Å². The Morgan fingerprint density at radius 1 is 1.24 bits per heavy atom. The maximum atomic E-state index is 12.0. The Morgan fingerprint density at radius 2 is 2.00 bits per heavy atom. The van der Waals surface area contributed by atoms with E-state index >= 15 is 0 Å². The fraction of sp³-hybridized carbons (Fsp3) is 0.0556. The van der Waals surface area contributed by atoms with Crippen LogP contribution in [0.15, 0.2) is 63.7 Å². The third kappa shape index (κ3) is 4.33. The molecule has 0 aromatic heterocycles. The Bertz CT molecular complexity index is 888. The molecule has 0 saturated heterocycles. The summed E-state index contributed by atoms with van der Waals surface area (Å²) in [5, 5.41) is 0. The number of rotatable bonds is 5. The van der Waals surface area contributed by atoms with Crippen LogP contribution in [0.25, 0.3) is 6.08 Å². The Kier molecular flexibility index (Phi) is 4.95. The van der Waals surface area contributed by atoms with Crippen LogP contribution in [0.1, 0.15) is 11.1 Å². The summed E-state index contributed by atoms with van der Waals surface area (Å²) in [6.45, 7) is -0.187. The van der Waals surface area contributed by atoms with Crippen molar-refractivity contribution in [3.63, 3.8) is 0 Å². The van der Waals surface area contributed by atoms with Gasteiger partial charge in [0.15, 0.2) is 12.3 Å². The highest BCUT2D eigenvalue weighted by Crippen LogP contribution is 2.22. The first-order valence-electron chi connectivity index (χ1n) is 7.31. The number of carbonyl (C=O) groups excluding carboxylic acids is 2. The van der Waals surface area contributed by atoms with Gasteiger partial charge in [0, 0.05) is 10.0 Å². The van der Waals surface area contributed by atoms with Gasteiger partial charge in [-0.3, -0.25) is 4.79 Å². The SMILES string of the molecule is NC(=O)COc1ccc(/C=C2\N=C(c3cccc(Br)c3)OC2=O)cc1. The second kappa shape index (κ2) is 7.31. The summed E-state index contributed by atoms with van der Waals surface area (Å²) in [5.41, 5.74) is 6.69. The van der Waals surface area contributed by atoms with Crippen LogP contribution < -0.4 is 10.5 Å². The van der Waals surface area contributed by atoms with Gasteiger partial charge in [0.05, 0.1) is 0 Å². The second-order valence-electron chi connectivity index (χ2n) is 5.17. The quantitative estimate of drug-likeness (QED) is 0.616. The second-order valence-corrected chi connectivity index (χ2v) is 6.09. The molecule has 0 saturated carbocycles. The van der Waals surface area contributed by atoms with Gasteiger partial charge in [0.25, 0.3) is 5.91 Å². The van der Waals surface area contributed by atoms with Crippen LogP contribution in [-0.2, 0) is 14.3 Å². The van der Waals surface area contributed by atoms with Crippen molar-refractivity contribution in [3.8, 4) is 5.75 Å².